The number of aromatic nitrogens is 5. The summed E-state index contributed by atoms with van der Waals surface area (Å²) in [6.07, 6.45) is 0. The number of aliphatic hydroxyl groups excluding tert-OH is 1. The molecule has 86 heavy (non-hydrogen) atoms. The molecule has 6 aromatic carbocycles. The highest BCUT2D eigenvalue weighted by molar-refractivity contribution is 7.99. The van der Waals surface area contributed by atoms with E-state index in [-0.39, 0.29) is 126 Å². The first-order valence-corrected chi connectivity index (χ1v) is 34.2. The Kier molecular flexibility index (Phi) is 18.6. The number of thiazole rings is 2. The summed E-state index contributed by atoms with van der Waals surface area (Å²) in [6.45, 7) is 13.1. The molecule has 0 unspecified atom stereocenters. The Labute approximate surface area is 506 Å². The summed E-state index contributed by atoms with van der Waals surface area (Å²) >= 11 is 2.89. The maximum Gasteiger partial charge on any atom is 0.296 e. The van der Waals surface area contributed by atoms with Crippen molar-refractivity contribution in [1.29, 1.82) is 0 Å². The monoisotopic (exact) mass is 1300 g/mol. The molecule has 0 atom stereocenters. The molecular formula is C53H53N13O13S7. The Morgan fingerprint density at radius 1 is 0.488 bits per heavy atom. The lowest BCUT2D eigenvalue weighted by Gasteiger charge is -2.22. The van der Waals surface area contributed by atoms with Crippen molar-refractivity contribution in [2.45, 2.75) is 66.3 Å². The fourth-order valence-electron chi connectivity index (χ4n) is 9.01. The number of nitrogens with zero attached hydrogens (tertiary/aromatic N) is 11. The standard InChI is InChI=1S/C53H53N13O13S7/c1-7-65(8-2)33-15-21-35(61-63-37-19-13-31(25-43(37)83(68,69)70)49-54-39-17-11-29(5)47(45(39)81-49)85(74,75)76)41(27-33)56-51-58-52(60-53(59-51)80-24-23-67)57-42-28-34(66(9-3)10-4)16-22-36(42)62-64-38-20-14-32(26-44(38)84(71,72)73)50-55-40-18-12-30(6)48(46(40)82-50)86(77,78)79/h11-22,25-28,67H,7-10,23-24H2,1-6H3,(H,68,69,70)(H,71,72,73)(H,74,75,76)(H,77,78,79)(H2,56,57,58,59,60)/b63-61+,64-62+. The van der Waals surface area contributed by atoms with Crippen molar-refractivity contribution in [3.8, 4) is 21.1 Å². The van der Waals surface area contributed by atoms with Gasteiger partial charge in [-0.2, -0.15) is 48.6 Å². The van der Waals surface area contributed by atoms with Gasteiger partial charge in [-0.25, -0.2) is 9.97 Å². The average molecular weight is 1300 g/mol. The van der Waals surface area contributed by atoms with Crippen LogP contribution in [0.2, 0.25) is 0 Å². The zero-order valence-electron chi connectivity index (χ0n) is 46.3. The number of benzene rings is 6. The van der Waals surface area contributed by atoms with Crippen LogP contribution in [0, 0.1) is 13.8 Å². The van der Waals surface area contributed by atoms with Crippen LogP contribution in [0.15, 0.2) is 142 Å². The van der Waals surface area contributed by atoms with Crippen molar-refractivity contribution < 1.29 is 57.0 Å². The third kappa shape index (κ3) is 14.0. The van der Waals surface area contributed by atoms with Gasteiger partial charge < -0.3 is 25.5 Å². The van der Waals surface area contributed by atoms with E-state index in [9.17, 15) is 57.0 Å². The number of fused-ring (bicyclic) bond motifs is 2. The molecule has 3 heterocycles. The average Bonchev–Trinajstić information content (AvgIpc) is 1.84. The second-order valence-electron chi connectivity index (χ2n) is 18.7. The third-order valence-electron chi connectivity index (χ3n) is 13.1. The number of hydrogen-bond donors (Lipinski definition) is 7. The van der Waals surface area contributed by atoms with Gasteiger partial charge in [0.15, 0.2) is 5.16 Å². The van der Waals surface area contributed by atoms with Crippen LogP contribution in [0.3, 0.4) is 0 Å². The summed E-state index contributed by atoms with van der Waals surface area (Å²) in [5.74, 6) is 0.0935. The number of hydrogen-bond acceptors (Lipinski definition) is 25. The molecule has 9 rings (SSSR count). The molecule has 0 saturated heterocycles. The number of anilines is 6. The second kappa shape index (κ2) is 25.4. The van der Waals surface area contributed by atoms with Crippen LogP contribution < -0.4 is 20.4 Å². The molecule has 3 aromatic heterocycles. The number of aliphatic hydroxyl groups is 1. The largest absolute Gasteiger partial charge is 0.396 e. The fourth-order valence-corrected chi connectivity index (χ4v) is 15.5. The van der Waals surface area contributed by atoms with Crippen molar-refractivity contribution >= 4 is 153 Å². The van der Waals surface area contributed by atoms with Crippen molar-refractivity contribution in [1.82, 2.24) is 24.9 Å². The molecule has 0 fully saturated rings. The van der Waals surface area contributed by atoms with Crippen LogP contribution in [0.4, 0.5) is 57.4 Å². The molecule has 7 N–H and O–H groups in total. The highest BCUT2D eigenvalue weighted by Gasteiger charge is 2.26. The van der Waals surface area contributed by atoms with Crippen LogP contribution in [0.25, 0.3) is 41.6 Å². The number of rotatable bonds is 23. The predicted molar refractivity (Wildman–Crippen MR) is 331 cm³/mol. The van der Waals surface area contributed by atoms with Crippen LogP contribution in [-0.4, -0.2) is 120 Å². The quantitative estimate of drug-likeness (QED) is 0.0178. The molecular weight excluding hydrogens is 1250 g/mol. The van der Waals surface area contributed by atoms with Crippen molar-refractivity contribution in [2.24, 2.45) is 20.5 Å². The first kappa shape index (κ1) is 63.0. The van der Waals surface area contributed by atoms with Crippen LogP contribution >= 0.6 is 34.4 Å². The molecule has 0 aliphatic rings. The van der Waals surface area contributed by atoms with E-state index >= 15 is 0 Å². The summed E-state index contributed by atoms with van der Waals surface area (Å²) in [4.78, 5) is 25.0. The number of aryl methyl sites for hydroxylation is 2. The van der Waals surface area contributed by atoms with Gasteiger partial charge in [0.1, 0.15) is 52.3 Å². The van der Waals surface area contributed by atoms with Crippen LogP contribution in [0.1, 0.15) is 38.8 Å². The molecule has 0 radical (unpaired) electrons. The SMILES string of the molecule is CCN(CC)c1ccc(/N=N/c2ccc(-c3nc4ccc(C)c(S(=O)(=O)O)c4s3)cc2S(=O)(=O)O)c(Nc2nc(Nc3cc(N(CC)CC)ccc3/N=N/c3ccc(-c4nc5ccc(C)c(S(=O)(=O)O)c5s4)cc3S(=O)(=O)O)nc(SCCO)n2)c1. The van der Waals surface area contributed by atoms with Crippen molar-refractivity contribution in [3.05, 3.63) is 108 Å². The number of thioether (sulfide) groups is 1. The van der Waals surface area contributed by atoms with Gasteiger partial charge in [-0.15, -0.1) is 43.1 Å². The Balaban J connectivity index is 1.09. The first-order chi connectivity index (χ1) is 40.7. The Morgan fingerprint density at radius 3 is 1.23 bits per heavy atom. The second-order valence-corrected chi connectivity index (χ2v) is 27.2. The minimum atomic E-state index is -4.98. The Bertz CT molecular complexity index is 4370. The third-order valence-corrected chi connectivity index (χ3v) is 20.3. The zero-order chi connectivity index (χ0) is 62.0. The molecule has 0 aliphatic carbocycles. The van der Waals surface area contributed by atoms with E-state index in [1.807, 2.05) is 37.5 Å². The van der Waals surface area contributed by atoms with Crippen LogP contribution in [-0.2, 0) is 40.5 Å². The zero-order valence-corrected chi connectivity index (χ0v) is 52.0. The van der Waals surface area contributed by atoms with E-state index in [4.69, 9.17) is 4.98 Å². The molecule has 0 aliphatic heterocycles. The lowest BCUT2D eigenvalue weighted by molar-refractivity contribution is 0.322. The number of azo groups is 2. The van der Waals surface area contributed by atoms with E-state index in [0.29, 0.717) is 26.2 Å². The molecule has 9 aromatic rings. The summed E-state index contributed by atoms with van der Waals surface area (Å²) in [6, 6.07) is 24.1. The van der Waals surface area contributed by atoms with Gasteiger partial charge >= 0.3 is 0 Å². The van der Waals surface area contributed by atoms with E-state index in [1.165, 1.54) is 50.2 Å². The summed E-state index contributed by atoms with van der Waals surface area (Å²) < 4.78 is 143. The summed E-state index contributed by atoms with van der Waals surface area (Å²) in [5.41, 5.74) is 3.16. The summed E-state index contributed by atoms with van der Waals surface area (Å²) in [5, 5.41) is 34.2. The van der Waals surface area contributed by atoms with Gasteiger partial charge in [0, 0.05) is 54.4 Å². The fraction of sp³-hybridized carbons (Fsp3) is 0.226. The molecule has 450 valence electrons. The lowest BCUT2D eigenvalue weighted by atomic mass is 10.2. The van der Waals surface area contributed by atoms with E-state index in [0.717, 1.165) is 57.9 Å². The first-order valence-electron chi connectivity index (χ1n) is 25.9. The topological polar surface area (TPSA) is 382 Å². The molecule has 33 heteroatoms. The molecule has 0 saturated carbocycles. The Morgan fingerprint density at radius 2 is 0.872 bits per heavy atom. The molecule has 0 spiro atoms. The van der Waals surface area contributed by atoms with Gasteiger partial charge in [0.25, 0.3) is 40.5 Å². The van der Waals surface area contributed by atoms with Gasteiger partial charge in [0.05, 0.1) is 38.4 Å². The van der Waals surface area contributed by atoms with Crippen LogP contribution in [0.5, 0.6) is 0 Å². The summed E-state index contributed by atoms with van der Waals surface area (Å²) in [7, 11) is -19.3. The van der Waals surface area contributed by atoms with Gasteiger partial charge in [-0.05, 0) is 138 Å². The minimum absolute atomic E-state index is 0.0410. The normalized spacial score (nSPS) is 12.5. The number of nitrogens with one attached hydrogen (secondary N) is 2. The lowest BCUT2D eigenvalue weighted by Crippen LogP contribution is -2.21. The van der Waals surface area contributed by atoms with Gasteiger partial charge in [-0.1, -0.05) is 23.9 Å². The molecule has 0 bridgehead atoms. The Hall–Kier alpha value is -7.54. The highest BCUT2D eigenvalue weighted by atomic mass is 32.2. The molecule has 0 amide bonds. The van der Waals surface area contributed by atoms with E-state index in [1.54, 1.807) is 48.5 Å². The van der Waals surface area contributed by atoms with Crippen molar-refractivity contribution in [3.63, 3.8) is 0 Å². The maximum absolute atomic E-state index is 13.0. The van der Waals surface area contributed by atoms with E-state index in [2.05, 4.69) is 51.0 Å². The smallest absolute Gasteiger partial charge is 0.296 e. The minimum Gasteiger partial charge on any atom is -0.396 e. The molecule has 26 nitrogen and oxygen atoms in total. The predicted octanol–water partition coefficient (Wildman–Crippen LogP) is 12.1. The van der Waals surface area contributed by atoms with Gasteiger partial charge in [-0.3, -0.25) is 18.2 Å². The van der Waals surface area contributed by atoms with E-state index < -0.39 is 50.3 Å². The highest BCUT2D eigenvalue weighted by Crippen LogP contribution is 2.42. The van der Waals surface area contributed by atoms with Gasteiger partial charge in [0.2, 0.25) is 11.9 Å². The van der Waals surface area contributed by atoms with Crippen molar-refractivity contribution in [2.75, 3.05) is 59.0 Å². The maximum atomic E-state index is 13.0.